The first-order chi connectivity index (χ1) is 14.0. The molecule has 8 nitrogen and oxygen atoms in total. The van der Waals surface area contributed by atoms with Gasteiger partial charge in [0.25, 0.3) is 23.1 Å². The second-order valence-electron chi connectivity index (χ2n) is 6.16. The van der Waals surface area contributed by atoms with E-state index in [0.717, 1.165) is 16.8 Å². The fraction of sp³-hybridized carbons (Fsp3) is 0.0526. The van der Waals surface area contributed by atoms with E-state index in [2.05, 4.69) is 15.6 Å². The summed E-state index contributed by atoms with van der Waals surface area (Å²) in [5.74, 6) is -0.0393. The number of H-pyrrole nitrogens is 1. The standard InChI is InChI=1S/C19H16N4O4S2/c20-29(26)27-13-5-3-11(4-6-13)10-22-18(25)16-9-15-14(8-12-2-1-7-21-12)17(24)23-19(15)28-16/h1-9,21H,10,20H2,(H,22,25)(H,23,24)/b14-8-. The van der Waals surface area contributed by atoms with Gasteiger partial charge in [-0.3, -0.25) is 9.59 Å². The van der Waals surface area contributed by atoms with Crippen LogP contribution < -0.4 is 20.0 Å². The van der Waals surface area contributed by atoms with Crippen molar-refractivity contribution in [1.29, 1.82) is 0 Å². The van der Waals surface area contributed by atoms with Gasteiger partial charge in [0.15, 0.2) is 0 Å². The number of hydrogen-bond acceptors (Lipinski definition) is 5. The number of carbonyl (C=O) groups is 2. The summed E-state index contributed by atoms with van der Waals surface area (Å²) in [5, 5.41) is 11.4. The minimum atomic E-state index is -1.88. The number of amides is 2. The number of nitrogens with one attached hydrogen (secondary N) is 3. The molecule has 0 saturated heterocycles. The number of aromatic nitrogens is 1. The largest absolute Gasteiger partial charge is 0.389 e. The zero-order chi connectivity index (χ0) is 20.4. The van der Waals surface area contributed by atoms with E-state index < -0.39 is 11.3 Å². The normalized spacial score (nSPS) is 15.1. The van der Waals surface area contributed by atoms with E-state index in [-0.39, 0.29) is 11.8 Å². The number of aromatic amines is 1. The topological polar surface area (TPSA) is 126 Å². The third-order valence-corrected chi connectivity index (χ3v) is 5.60. The SMILES string of the molecule is NS(=O)Oc1ccc(CNC(=O)c2cc3c(s2)NC(=O)/C3=C\c2ccc[nH]2)cc1. The molecule has 0 saturated carbocycles. The second kappa shape index (κ2) is 8.03. The van der Waals surface area contributed by atoms with Crippen LogP contribution in [0, 0.1) is 0 Å². The number of hydrogen-bond donors (Lipinski definition) is 4. The second-order valence-corrected chi connectivity index (χ2v) is 7.90. The highest BCUT2D eigenvalue weighted by atomic mass is 32.2. The Morgan fingerprint density at radius 2 is 2.07 bits per heavy atom. The van der Waals surface area contributed by atoms with Gasteiger partial charge < -0.3 is 19.8 Å². The third-order valence-electron chi connectivity index (χ3n) is 4.19. The van der Waals surface area contributed by atoms with Crippen LogP contribution in [0.2, 0.25) is 0 Å². The van der Waals surface area contributed by atoms with Crippen LogP contribution in [0.1, 0.15) is 26.5 Å². The smallest absolute Gasteiger partial charge is 0.285 e. The van der Waals surface area contributed by atoms with Crippen molar-refractivity contribution in [3.8, 4) is 5.75 Å². The lowest BCUT2D eigenvalue weighted by molar-refractivity contribution is -0.110. The number of benzene rings is 1. The minimum Gasteiger partial charge on any atom is -0.389 e. The molecule has 0 fully saturated rings. The van der Waals surface area contributed by atoms with Gasteiger partial charge in [0.2, 0.25) is 0 Å². The molecule has 1 aliphatic rings. The molecule has 29 heavy (non-hydrogen) atoms. The van der Waals surface area contributed by atoms with E-state index in [1.807, 2.05) is 12.1 Å². The maximum atomic E-state index is 12.5. The van der Waals surface area contributed by atoms with Crippen LogP contribution >= 0.6 is 11.3 Å². The molecule has 1 unspecified atom stereocenters. The van der Waals surface area contributed by atoms with Crippen molar-refractivity contribution in [2.24, 2.45) is 5.14 Å². The molecule has 1 aliphatic heterocycles. The molecule has 10 heteroatoms. The van der Waals surface area contributed by atoms with Crippen LogP contribution in [0.25, 0.3) is 11.6 Å². The van der Waals surface area contributed by atoms with E-state index in [4.69, 9.17) is 9.32 Å². The molecule has 3 heterocycles. The number of carbonyl (C=O) groups excluding carboxylic acids is 2. The van der Waals surface area contributed by atoms with E-state index in [9.17, 15) is 13.8 Å². The molecule has 0 spiro atoms. The lowest BCUT2D eigenvalue weighted by Crippen LogP contribution is -2.21. The Morgan fingerprint density at radius 1 is 1.28 bits per heavy atom. The van der Waals surface area contributed by atoms with Gasteiger partial charge in [-0.25, -0.2) is 5.14 Å². The van der Waals surface area contributed by atoms with Gasteiger partial charge in [-0.05, 0) is 42.0 Å². The molecule has 2 aromatic heterocycles. The summed E-state index contributed by atoms with van der Waals surface area (Å²) in [5.41, 5.74) is 2.89. The predicted octanol–water partition coefficient (Wildman–Crippen LogP) is 2.42. The Balaban J connectivity index is 1.44. The zero-order valence-electron chi connectivity index (χ0n) is 14.9. The van der Waals surface area contributed by atoms with Crippen LogP contribution in [0.3, 0.4) is 0 Å². The van der Waals surface area contributed by atoms with Gasteiger partial charge in [0.1, 0.15) is 10.8 Å². The number of thiophene rings is 1. The predicted molar refractivity (Wildman–Crippen MR) is 112 cm³/mol. The molecule has 0 bridgehead atoms. The quantitative estimate of drug-likeness (QED) is 0.450. The molecule has 1 atom stereocenters. The molecule has 3 aromatic rings. The number of anilines is 1. The molecule has 1 aromatic carbocycles. The average Bonchev–Trinajstić information content (AvgIpc) is 3.39. The van der Waals surface area contributed by atoms with E-state index in [1.165, 1.54) is 11.3 Å². The van der Waals surface area contributed by atoms with Crippen molar-refractivity contribution >= 4 is 51.1 Å². The van der Waals surface area contributed by atoms with Gasteiger partial charge in [-0.2, -0.15) is 4.21 Å². The lowest BCUT2D eigenvalue weighted by Gasteiger charge is -2.05. The molecule has 148 valence electrons. The Labute approximate surface area is 172 Å². The van der Waals surface area contributed by atoms with Crippen LogP contribution in [0.5, 0.6) is 5.75 Å². The average molecular weight is 428 g/mol. The van der Waals surface area contributed by atoms with Crippen molar-refractivity contribution in [1.82, 2.24) is 10.3 Å². The molecule has 0 aliphatic carbocycles. The van der Waals surface area contributed by atoms with Crippen molar-refractivity contribution in [2.45, 2.75) is 6.54 Å². The van der Waals surface area contributed by atoms with Gasteiger partial charge in [0.05, 0.1) is 10.5 Å². The Morgan fingerprint density at radius 3 is 2.76 bits per heavy atom. The monoisotopic (exact) mass is 428 g/mol. The van der Waals surface area contributed by atoms with Crippen LogP contribution in [-0.4, -0.2) is 21.0 Å². The molecule has 5 N–H and O–H groups in total. The third kappa shape index (κ3) is 4.29. The molecule has 4 rings (SSSR count). The highest BCUT2D eigenvalue weighted by Gasteiger charge is 2.28. The fourth-order valence-electron chi connectivity index (χ4n) is 2.85. The molecular formula is C19H16N4O4S2. The number of nitrogens with two attached hydrogens (primary N) is 1. The Kier molecular flexibility index (Phi) is 5.30. The lowest BCUT2D eigenvalue weighted by atomic mass is 10.1. The first-order valence-corrected chi connectivity index (χ1v) is 10.5. The first kappa shape index (κ1) is 19.1. The number of rotatable bonds is 6. The van der Waals surface area contributed by atoms with Crippen LogP contribution in [0.4, 0.5) is 5.00 Å². The van der Waals surface area contributed by atoms with Crippen molar-refractivity contribution in [3.05, 3.63) is 70.4 Å². The van der Waals surface area contributed by atoms with Gasteiger partial charge in [-0.1, -0.05) is 12.1 Å². The highest BCUT2D eigenvalue weighted by Crippen LogP contribution is 2.39. The van der Waals surface area contributed by atoms with Gasteiger partial charge >= 0.3 is 0 Å². The van der Waals surface area contributed by atoms with Gasteiger partial charge in [0, 0.05) is 24.0 Å². The first-order valence-electron chi connectivity index (χ1n) is 8.52. The summed E-state index contributed by atoms with van der Waals surface area (Å²) in [6.45, 7) is 0.310. The highest BCUT2D eigenvalue weighted by molar-refractivity contribution is 7.78. The fourth-order valence-corrected chi connectivity index (χ4v) is 4.13. The van der Waals surface area contributed by atoms with Crippen LogP contribution in [-0.2, 0) is 22.6 Å². The maximum Gasteiger partial charge on any atom is 0.285 e. The molecule has 0 radical (unpaired) electrons. The minimum absolute atomic E-state index is 0.187. The summed E-state index contributed by atoms with van der Waals surface area (Å²) in [7, 11) is 0. The zero-order valence-corrected chi connectivity index (χ0v) is 16.6. The van der Waals surface area contributed by atoms with Gasteiger partial charge in [-0.15, -0.1) is 11.3 Å². The Hall–Kier alpha value is -3.21. The van der Waals surface area contributed by atoms with Crippen molar-refractivity contribution < 1.29 is 18.0 Å². The molecular weight excluding hydrogens is 412 g/mol. The van der Waals surface area contributed by atoms with Crippen molar-refractivity contribution in [3.63, 3.8) is 0 Å². The van der Waals surface area contributed by atoms with Crippen LogP contribution in [0.15, 0.2) is 48.7 Å². The maximum absolute atomic E-state index is 12.5. The summed E-state index contributed by atoms with van der Waals surface area (Å²) >= 11 is -0.644. The summed E-state index contributed by atoms with van der Waals surface area (Å²) in [6, 6.07) is 12.2. The number of fused-ring (bicyclic) bond motifs is 1. The van der Waals surface area contributed by atoms with E-state index in [0.29, 0.717) is 27.7 Å². The summed E-state index contributed by atoms with van der Waals surface area (Å²) in [4.78, 5) is 28.2. The van der Waals surface area contributed by atoms with E-state index >= 15 is 0 Å². The van der Waals surface area contributed by atoms with Crippen molar-refractivity contribution in [2.75, 3.05) is 5.32 Å². The summed E-state index contributed by atoms with van der Waals surface area (Å²) in [6.07, 6.45) is 3.54. The Bertz CT molecular complexity index is 1120. The van der Waals surface area contributed by atoms with E-state index in [1.54, 1.807) is 42.6 Å². The molecule has 2 amide bonds. The summed E-state index contributed by atoms with van der Waals surface area (Å²) < 4.78 is 15.7.